The summed E-state index contributed by atoms with van der Waals surface area (Å²) in [6.45, 7) is 0. The summed E-state index contributed by atoms with van der Waals surface area (Å²) in [6, 6.07) is 9.65. The molecule has 16 heavy (non-hydrogen) atoms. The van der Waals surface area contributed by atoms with Crippen LogP contribution in [-0.4, -0.2) is 23.7 Å². The molecule has 1 rings (SSSR count). The number of carbonyl (C=O) groups is 1. The summed E-state index contributed by atoms with van der Waals surface area (Å²) in [6.07, 6.45) is 1.97. The summed E-state index contributed by atoms with van der Waals surface area (Å²) in [5.74, 6) is 0.593. The second kappa shape index (κ2) is 7.20. The van der Waals surface area contributed by atoms with E-state index in [1.807, 2.05) is 36.6 Å². The number of carbonyl (C=O) groups excluding carboxylic acids is 1. The van der Waals surface area contributed by atoms with Gasteiger partial charge >= 0.3 is 0 Å². The van der Waals surface area contributed by atoms with Gasteiger partial charge in [0.2, 0.25) is 5.91 Å². The van der Waals surface area contributed by atoms with Gasteiger partial charge in [0.15, 0.2) is 0 Å². The van der Waals surface area contributed by atoms with Crippen molar-refractivity contribution in [3.63, 3.8) is 0 Å². The van der Waals surface area contributed by atoms with E-state index in [0.29, 0.717) is 11.5 Å². The first-order chi connectivity index (χ1) is 7.77. The number of para-hydroxylation sites is 1. The van der Waals surface area contributed by atoms with Gasteiger partial charge in [-0.3, -0.25) is 4.79 Å². The van der Waals surface area contributed by atoms with E-state index in [2.05, 4.69) is 5.32 Å². The highest BCUT2D eigenvalue weighted by atomic mass is 32.2. The molecule has 0 saturated heterocycles. The number of hydrogen-bond donors (Lipinski definition) is 1. The normalized spacial score (nSPS) is 9.50. The van der Waals surface area contributed by atoms with Crippen LogP contribution in [0.2, 0.25) is 0 Å². The molecule has 1 amide bonds. The van der Waals surface area contributed by atoms with Gasteiger partial charge in [-0.1, -0.05) is 12.1 Å². The minimum Gasteiger partial charge on any atom is -0.324 e. The fraction of sp³-hybridized carbons (Fsp3) is 0.273. The van der Waals surface area contributed by atoms with Gasteiger partial charge in [0.25, 0.3) is 0 Å². The van der Waals surface area contributed by atoms with Gasteiger partial charge in [-0.2, -0.15) is 5.26 Å². The molecule has 0 spiro atoms. The van der Waals surface area contributed by atoms with E-state index in [1.54, 1.807) is 11.8 Å². The lowest BCUT2D eigenvalue weighted by atomic mass is 10.3. The molecule has 3 nitrogen and oxygen atoms in total. The first-order valence-corrected chi connectivity index (χ1v) is 7.03. The molecule has 1 aromatic carbocycles. The van der Waals surface area contributed by atoms with Crippen molar-refractivity contribution in [3.05, 3.63) is 24.3 Å². The molecule has 5 heteroatoms. The smallest absolute Gasteiger partial charge is 0.234 e. The first kappa shape index (κ1) is 12.9. The Morgan fingerprint density at radius 3 is 2.94 bits per heavy atom. The SMILES string of the molecule is CSc1ccccc1NC(=O)CSCC#N. The second-order valence-electron chi connectivity index (χ2n) is 2.90. The number of hydrogen-bond acceptors (Lipinski definition) is 4. The lowest BCUT2D eigenvalue weighted by Gasteiger charge is -2.08. The zero-order valence-corrected chi connectivity index (χ0v) is 10.5. The Morgan fingerprint density at radius 2 is 2.25 bits per heavy atom. The molecule has 0 saturated carbocycles. The van der Waals surface area contributed by atoms with Crippen LogP contribution in [0.3, 0.4) is 0 Å². The Morgan fingerprint density at radius 1 is 1.50 bits per heavy atom. The zero-order chi connectivity index (χ0) is 11.8. The Hall–Kier alpha value is -1.12. The van der Waals surface area contributed by atoms with Gasteiger partial charge in [0.05, 0.1) is 23.3 Å². The Balaban J connectivity index is 2.53. The number of nitrogens with zero attached hydrogens (tertiary/aromatic N) is 1. The standard InChI is InChI=1S/C11H12N2OS2/c1-15-10-5-3-2-4-9(10)13-11(14)8-16-7-6-12/h2-5H,7-8H2,1H3,(H,13,14). The van der Waals surface area contributed by atoms with Crippen molar-refractivity contribution in [1.29, 1.82) is 5.26 Å². The Kier molecular flexibility index (Phi) is 5.83. The first-order valence-electron chi connectivity index (χ1n) is 4.65. The molecule has 1 aromatic rings. The highest BCUT2D eigenvalue weighted by Crippen LogP contribution is 2.24. The van der Waals surface area contributed by atoms with Crippen LogP contribution in [-0.2, 0) is 4.79 Å². The largest absolute Gasteiger partial charge is 0.324 e. The molecule has 0 aliphatic carbocycles. The average Bonchev–Trinajstić information content (AvgIpc) is 2.30. The molecule has 84 valence electrons. The lowest BCUT2D eigenvalue weighted by Crippen LogP contribution is -2.14. The van der Waals surface area contributed by atoms with E-state index in [-0.39, 0.29) is 5.91 Å². The predicted molar refractivity (Wildman–Crippen MR) is 69.8 cm³/mol. The third-order valence-electron chi connectivity index (χ3n) is 1.78. The number of nitrogens with one attached hydrogen (secondary N) is 1. The summed E-state index contributed by atoms with van der Waals surface area (Å²) in [5.41, 5.74) is 0.831. The molecule has 0 aliphatic heterocycles. The van der Waals surface area contributed by atoms with Crippen LogP contribution >= 0.6 is 23.5 Å². The molecule has 0 heterocycles. The maximum absolute atomic E-state index is 11.5. The summed E-state index contributed by atoms with van der Waals surface area (Å²) in [7, 11) is 0. The highest BCUT2D eigenvalue weighted by Gasteiger charge is 2.05. The predicted octanol–water partition coefficient (Wildman–Crippen LogP) is 2.60. The summed E-state index contributed by atoms with van der Waals surface area (Å²) in [4.78, 5) is 12.5. The average molecular weight is 252 g/mol. The summed E-state index contributed by atoms with van der Waals surface area (Å²) >= 11 is 2.91. The molecule has 0 aliphatic rings. The third kappa shape index (κ3) is 4.17. The van der Waals surface area contributed by atoms with Crippen molar-refractivity contribution >= 4 is 35.1 Å². The van der Waals surface area contributed by atoms with E-state index in [9.17, 15) is 4.79 Å². The topological polar surface area (TPSA) is 52.9 Å². The van der Waals surface area contributed by atoms with E-state index >= 15 is 0 Å². The maximum Gasteiger partial charge on any atom is 0.234 e. The number of amides is 1. The van der Waals surface area contributed by atoms with Crippen molar-refractivity contribution in [1.82, 2.24) is 0 Å². The van der Waals surface area contributed by atoms with Crippen LogP contribution in [0.25, 0.3) is 0 Å². The Bertz CT molecular complexity index is 401. The molecule has 0 radical (unpaired) electrons. The van der Waals surface area contributed by atoms with E-state index < -0.39 is 0 Å². The van der Waals surface area contributed by atoms with Crippen molar-refractivity contribution in [2.75, 3.05) is 23.1 Å². The monoisotopic (exact) mass is 252 g/mol. The van der Waals surface area contributed by atoms with Crippen molar-refractivity contribution in [2.24, 2.45) is 0 Å². The van der Waals surface area contributed by atoms with Crippen molar-refractivity contribution in [2.45, 2.75) is 4.90 Å². The van der Waals surface area contributed by atoms with E-state index in [0.717, 1.165) is 10.6 Å². The maximum atomic E-state index is 11.5. The van der Waals surface area contributed by atoms with Crippen LogP contribution in [0.1, 0.15) is 0 Å². The molecule has 0 aromatic heterocycles. The number of benzene rings is 1. The van der Waals surface area contributed by atoms with Crippen LogP contribution in [0, 0.1) is 11.3 Å². The van der Waals surface area contributed by atoms with E-state index in [1.165, 1.54) is 11.8 Å². The number of nitriles is 1. The van der Waals surface area contributed by atoms with Crippen molar-refractivity contribution < 1.29 is 4.79 Å². The fourth-order valence-electron chi connectivity index (χ4n) is 1.12. The highest BCUT2D eigenvalue weighted by molar-refractivity contribution is 8.00. The number of anilines is 1. The molecule has 0 unspecified atom stereocenters. The van der Waals surface area contributed by atoms with E-state index in [4.69, 9.17) is 5.26 Å². The molecule has 0 bridgehead atoms. The van der Waals surface area contributed by atoms with Gasteiger partial charge in [0, 0.05) is 4.90 Å². The van der Waals surface area contributed by atoms with Gasteiger partial charge in [-0.15, -0.1) is 23.5 Å². The van der Waals surface area contributed by atoms with Gasteiger partial charge in [-0.25, -0.2) is 0 Å². The van der Waals surface area contributed by atoms with Crippen LogP contribution in [0.15, 0.2) is 29.2 Å². The molecule has 0 fully saturated rings. The summed E-state index contributed by atoms with van der Waals surface area (Å²) < 4.78 is 0. The quantitative estimate of drug-likeness (QED) is 0.646. The van der Waals surface area contributed by atoms with Gasteiger partial charge in [-0.05, 0) is 18.4 Å². The molecule has 1 N–H and O–H groups in total. The second-order valence-corrected chi connectivity index (χ2v) is 4.73. The minimum absolute atomic E-state index is 0.0678. The molecule has 0 atom stereocenters. The molecular formula is C11H12N2OS2. The van der Waals surface area contributed by atoms with Crippen LogP contribution in [0.5, 0.6) is 0 Å². The molecular weight excluding hydrogens is 240 g/mol. The summed E-state index contributed by atoms with van der Waals surface area (Å²) in [5, 5.41) is 11.2. The Labute approximate surface area is 104 Å². The van der Waals surface area contributed by atoms with Crippen molar-refractivity contribution in [3.8, 4) is 6.07 Å². The number of thioether (sulfide) groups is 2. The van der Waals surface area contributed by atoms with Gasteiger partial charge < -0.3 is 5.32 Å². The third-order valence-corrected chi connectivity index (χ3v) is 3.38. The fourth-order valence-corrected chi connectivity index (χ4v) is 2.13. The lowest BCUT2D eigenvalue weighted by molar-refractivity contribution is -0.113. The number of rotatable bonds is 5. The van der Waals surface area contributed by atoms with Crippen LogP contribution in [0.4, 0.5) is 5.69 Å². The zero-order valence-electron chi connectivity index (χ0n) is 8.90. The van der Waals surface area contributed by atoms with Crippen LogP contribution < -0.4 is 5.32 Å². The van der Waals surface area contributed by atoms with Gasteiger partial charge in [0.1, 0.15) is 0 Å². The minimum atomic E-state index is -0.0678.